The Labute approximate surface area is 83.9 Å². The van der Waals surface area contributed by atoms with Gasteiger partial charge in [-0.1, -0.05) is 6.08 Å². The van der Waals surface area contributed by atoms with Crippen molar-refractivity contribution in [2.45, 2.75) is 20.3 Å². The average Bonchev–Trinajstić information content (AvgIpc) is 2.45. The summed E-state index contributed by atoms with van der Waals surface area (Å²) in [4.78, 5) is 8.91. The minimum Gasteiger partial charge on any atom is -0.481 e. The molecule has 0 bridgehead atoms. The van der Waals surface area contributed by atoms with Gasteiger partial charge in [0.25, 0.3) is 0 Å². The fourth-order valence-electron chi connectivity index (χ4n) is 1.69. The molecule has 1 heterocycles. The summed E-state index contributed by atoms with van der Waals surface area (Å²) in [6.07, 6.45) is 3.10. The summed E-state index contributed by atoms with van der Waals surface area (Å²) in [5.74, 6) is 0.720. The quantitative estimate of drug-likeness (QED) is 0.576. The summed E-state index contributed by atoms with van der Waals surface area (Å²) in [5.41, 5.74) is 4.45. The van der Waals surface area contributed by atoms with Crippen molar-refractivity contribution in [3.8, 4) is 0 Å². The maximum atomic E-state index is 5.26. The molecule has 3 nitrogen and oxygen atoms in total. The fourth-order valence-corrected chi connectivity index (χ4v) is 1.69. The number of aliphatic imine (C=N–C) groups is 2. The number of hydrogen-bond donors (Lipinski definition) is 0. The number of fused-ring (bicyclic) bond motifs is 1. The van der Waals surface area contributed by atoms with Gasteiger partial charge >= 0.3 is 0 Å². The fraction of sp³-hybridized carbons (Fsp3) is 0.455. The number of nitrogens with zero attached hydrogens (tertiary/aromatic N) is 2. The molecular weight excluding hydrogens is 176 g/mol. The molecule has 0 saturated carbocycles. The van der Waals surface area contributed by atoms with Crippen LogP contribution in [-0.2, 0) is 4.74 Å². The Bertz CT molecular complexity index is 386. The first kappa shape index (κ1) is 9.19. The van der Waals surface area contributed by atoms with Crippen LogP contribution in [0.3, 0.4) is 0 Å². The second kappa shape index (κ2) is 3.40. The predicted octanol–water partition coefficient (Wildman–Crippen LogP) is 2.11. The molecule has 14 heavy (non-hydrogen) atoms. The van der Waals surface area contributed by atoms with E-state index in [0.717, 1.165) is 29.3 Å². The summed E-state index contributed by atoms with van der Waals surface area (Å²) in [6.45, 7) is 4.74. The molecule has 0 radical (unpaired) electrons. The zero-order chi connectivity index (χ0) is 10.1. The molecule has 1 aliphatic heterocycles. The van der Waals surface area contributed by atoms with Crippen molar-refractivity contribution in [3.63, 3.8) is 0 Å². The Morgan fingerprint density at radius 1 is 1.36 bits per heavy atom. The van der Waals surface area contributed by atoms with Gasteiger partial charge in [-0.3, -0.25) is 4.99 Å². The van der Waals surface area contributed by atoms with Gasteiger partial charge in [0.2, 0.25) is 5.90 Å². The highest BCUT2D eigenvalue weighted by atomic mass is 16.5. The molecule has 3 heteroatoms. The SMILES string of the molecule is COC1=NCC(C)=NC2=C(C)CC=C12. The summed E-state index contributed by atoms with van der Waals surface area (Å²) >= 11 is 0. The number of rotatable bonds is 0. The number of methoxy groups -OCH3 is 1. The molecule has 0 fully saturated rings. The average molecular weight is 190 g/mol. The zero-order valence-electron chi connectivity index (χ0n) is 8.79. The van der Waals surface area contributed by atoms with Crippen molar-refractivity contribution in [3.05, 3.63) is 22.9 Å². The van der Waals surface area contributed by atoms with Gasteiger partial charge in [0.15, 0.2) is 0 Å². The van der Waals surface area contributed by atoms with Crippen LogP contribution in [0.2, 0.25) is 0 Å². The van der Waals surface area contributed by atoms with Gasteiger partial charge in [0.1, 0.15) is 0 Å². The third kappa shape index (κ3) is 1.39. The molecule has 74 valence electrons. The summed E-state index contributed by atoms with van der Waals surface area (Å²) in [7, 11) is 1.66. The summed E-state index contributed by atoms with van der Waals surface area (Å²) < 4.78 is 5.26. The number of ether oxygens (including phenoxy) is 1. The van der Waals surface area contributed by atoms with E-state index in [0.29, 0.717) is 6.54 Å². The first-order valence-electron chi connectivity index (χ1n) is 4.75. The van der Waals surface area contributed by atoms with Crippen LogP contribution in [0.4, 0.5) is 0 Å². The molecule has 0 spiro atoms. The molecule has 2 rings (SSSR count). The third-order valence-electron chi connectivity index (χ3n) is 2.45. The van der Waals surface area contributed by atoms with Crippen molar-refractivity contribution >= 4 is 11.6 Å². The molecule has 2 aliphatic rings. The van der Waals surface area contributed by atoms with Crippen molar-refractivity contribution in [1.29, 1.82) is 0 Å². The maximum absolute atomic E-state index is 5.26. The smallest absolute Gasteiger partial charge is 0.218 e. The highest BCUT2D eigenvalue weighted by Crippen LogP contribution is 2.29. The van der Waals surface area contributed by atoms with Gasteiger partial charge in [-0.05, 0) is 25.8 Å². The third-order valence-corrected chi connectivity index (χ3v) is 2.45. The second-order valence-electron chi connectivity index (χ2n) is 3.62. The first-order valence-corrected chi connectivity index (χ1v) is 4.75. The minimum atomic E-state index is 0.636. The largest absolute Gasteiger partial charge is 0.481 e. The first-order chi connectivity index (χ1) is 6.72. The van der Waals surface area contributed by atoms with Crippen molar-refractivity contribution in [2.24, 2.45) is 9.98 Å². The topological polar surface area (TPSA) is 34.0 Å². The minimum absolute atomic E-state index is 0.636. The van der Waals surface area contributed by atoms with Gasteiger partial charge in [-0.2, -0.15) is 0 Å². The van der Waals surface area contributed by atoms with Crippen LogP contribution < -0.4 is 0 Å². The van der Waals surface area contributed by atoms with Crippen LogP contribution in [0.15, 0.2) is 32.9 Å². The van der Waals surface area contributed by atoms with Crippen molar-refractivity contribution < 1.29 is 4.74 Å². The Balaban J connectivity index is 2.49. The van der Waals surface area contributed by atoms with Crippen LogP contribution in [0.5, 0.6) is 0 Å². The van der Waals surface area contributed by atoms with E-state index in [1.165, 1.54) is 5.57 Å². The highest BCUT2D eigenvalue weighted by Gasteiger charge is 2.22. The molecular formula is C11H14N2O. The molecule has 0 aromatic rings. The van der Waals surface area contributed by atoms with Crippen LogP contribution in [0, 0.1) is 0 Å². The molecule has 0 aromatic carbocycles. The molecule has 0 N–H and O–H groups in total. The molecule has 1 aliphatic carbocycles. The lowest BCUT2D eigenvalue weighted by atomic mass is 10.2. The second-order valence-corrected chi connectivity index (χ2v) is 3.62. The molecule has 0 unspecified atom stereocenters. The van der Waals surface area contributed by atoms with Crippen LogP contribution in [0.25, 0.3) is 0 Å². The van der Waals surface area contributed by atoms with Crippen LogP contribution in [-0.4, -0.2) is 25.3 Å². The Morgan fingerprint density at radius 2 is 2.14 bits per heavy atom. The lowest BCUT2D eigenvalue weighted by Crippen LogP contribution is -2.05. The zero-order valence-corrected chi connectivity index (χ0v) is 8.79. The Morgan fingerprint density at radius 3 is 2.86 bits per heavy atom. The van der Waals surface area contributed by atoms with E-state index >= 15 is 0 Å². The van der Waals surface area contributed by atoms with E-state index in [4.69, 9.17) is 4.74 Å². The maximum Gasteiger partial charge on any atom is 0.218 e. The molecule has 0 saturated heterocycles. The van der Waals surface area contributed by atoms with Gasteiger partial charge in [0, 0.05) is 5.71 Å². The molecule has 0 amide bonds. The van der Waals surface area contributed by atoms with Gasteiger partial charge in [0.05, 0.1) is 24.9 Å². The monoisotopic (exact) mass is 190 g/mol. The number of allylic oxidation sites excluding steroid dienone is 2. The molecule has 0 aromatic heterocycles. The highest BCUT2D eigenvalue weighted by molar-refractivity contribution is 6.03. The lowest BCUT2D eigenvalue weighted by Gasteiger charge is -2.04. The normalized spacial score (nSPS) is 20.9. The van der Waals surface area contributed by atoms with E-state index in [2.05, 4.69) is 23.0 Å². The van der Waals surface area contributed by atoms with E-state index in [-0.39, 0.29) is 0 Å². The van der Waals surface area contributed by atoms with Gasteiger partial charge in [-0.15, -0.1) is 0 Å². The molecule has 0 atom stereocenters. The van der Waals surface area contributed by atoms with E-state index in [9.17, 15) is 0 Å². The number of hydrogen-bond acceptors (Lipinski definition) is 3. The Hall–Kier alpha value is -1.38. The Kier molecular flexibility index (Phi) is 2.23. The van der Waals surface area contributed by atoms with E-state index in [1.54, 1.807) is 7.11 Å². The lowest BCUT2D eigenvalue weighted by molar-refractivity contribution is 0.403. The van der Waals surface area contributed by atoms with E-state index < -0.39 is 0 Å². The van der Waals surface area contributed by atoms with Gasteiger partial charge < -0.3 is 4.74 Å². The summed E-state index contributed by atoms with van der Waals surface area (Å²) in [6, 6.07) is 0. The van der Waals surface area contributed by atoms with Crippen molar-refractivity contribution in [1.82, 2.24) is 0 Å². The van der Waals surface area contributed by atoms with Crippen molar-refractivity contribution in [2.75, 3.05) is 13.7 Å². The van der Waals surface area contributed by atoms with E-state index in [1.807, 2.05) is 6.92 Å². The standard InChI is InChI=1S/C11H14N2O/c1-7-4-5-9-10(7)13-8(2)6-12-11(9)14-3/h5H,4,6H2,1-3H3. The van der Waals surface area contributed by atoms with Crippen LogP contribution in [0.1, 0.15) is 20.3 Å². The summed E-state index contributed by atoms with van der Waals surface area (Å²) in [5, 5.41) is 0. The van der Waals surface area contributed by atoms with Crippen LogP contribution >= 0.6 is 0 Å². The predicted molar refractivity (Wildman–Crippen MR) is 57.8 cm³/mol. The van der Waals surface area contributed by atoms with Gasteiger partial charge in [-0.25, -0.2) is 4.99 Å².